The monoisotopic (exact) mass is 453 g/mol. The van der Waals surface area contributed by atoms with Crippen molar-refractivity contribution in [2.24, 2.45) is 7.05 Å². The van der Waals surface area contributed by atoms with E-state index in [1.807, 2.05) is 16.5 Å². The number of nitro groups is 1. The number of benzene rings is 1. The van der Waals surface area contributed by atoms with Crippen LogP contribution in [0.2, 0.25) is 0 Å². The van der Waals surface area contributed by atoms with Crippen molar-refractivity contribution in [2.75, 3.05) is 42.3 Å². The predicted molar refractivity (Wildman–Crippen MR) is 122 cm³/mol. The molecule has 11 nitrogen and oxygen atoms in total. The molecule has 2 atom stereocenters. The molecule has 1 aliphatic heterocycles. The number of nitrogens with zero attached hydrogens (tertiary/aromatic N) is 8. The van der Waals surface area contributed by atoms with Gasteiger partial charge in [-0.1, -0.05) is 0 Å². The Morgan fingerprint density at radius 3 is 2.76 bits per heavy atom. The van der Waals surface area contributed by atoms with Crippen molar-refractivity contribution in [3.05, 3.63) is 39.6 Å². The summed E-state index contributed by atoms with van der Waals surface area (Å²) in [4.78, 5) is 27.6. The minimum Gasteiger partial charge on any atom is -0.361 e. The number of aryl methyl sites for hydroxylation is 2. The van der Waals surface area contributed by atoms with Crippen LogP contribution in [-0.4, -0.2) is 63.8 Å². The van der Waals surface area contributed by atoms with Crippen molar-refractivity contribution >= 4 is 34.4 Å². The molecule has 0 amide bonds. The number of halogens is 1. The molecule has 1 aromatic carbocycles. The number of hydrogen-bond acceptors (Lipinski definition) is 9. The number of hydrogen-bond donors (Lipinski definition) is 1. The highest BCUT2D eigenvalue weighted by atomic mass is 19.1. The van der Waals surface area contributed by atoms with Gasteiger partial charge in [0.25, 0.3) is 5.69 Å². The van der Waals surface area contributed by atoms with Gasteiger partial charge >= 0.3 is 0 Å². The normalized spacial score (nSPS) is 18.2. The SMILES string of the molecule is Cc1cc2c(cc1[N+](=O)[O-])nc(N1CC(F)C[C@@H](Nc3ncc(C#N)c(N(C)C)n3)C1)n2C. The first-order valence-corrected chi connectivity index (χ1v) is 10.4. The third kappa shape index (κ3) is 4.21. The Morgan fingerprint density at radius 2 is 2.09 bits per heavy atom. The molecule has 1 unspecified atom stereocenters. The zero-order valence-corrected chi connectivity index (χ0v) is 18.8. The van der Waals surface area contributed by atoms with Gasteiger partial charge in [0.05, 0.1) is 28.7 Å². The fourth-order valence-electron chi connectivity index (χ4n) is 4.15. The van der Waals surface area contributed by atoms with E-state index in [-0.39, 0.29) is 24.7 Å². The second kappa shape index (κ2) is 8.50. The van der Waals surface area contributed by atoms with E-state index in [0.29, 0.717) is 40.9 Å². The predicted octanol–water partition coefficient (Wildman–Crippen LogP) is 2.55. The van der Waals surface area contributed by atoms with Crippen molar-refractivity contribution in [1.29, 1.82) is 5.26 Å². The van der Waals surface area contributed by atoms with Crippen LogP contribution in [0.1, 0.15) is 17.5 Å². The van der Waals surface area contributed by atoms with Crippen molar-refractivity contribution < 1.29 is 9.31 Å². The van der Waals surface area contributed by atoms with Crippen molar-refractivity contribution in [3.8, 4) is 6.07 Å². The molecule has 1 fully saturated rings. The van der Waals surface area contributed by atoms with E-state index < -0.39 is 11.1 Å². The van der Waals surface area contributed by atoms with Crippen LogP contribution in [0.25, 0.3) is 11.0 Å². The molecule has 1 saturated heterocycles. The zero-order valence-electron chi connectivity index (χ0n) is 18.8. The summed E-state index contributed by atoms with van der Waals surface area (Å²) in [6.07, 6.45) is 0.601. The second-order valence-electron chi connectivity index (χ2n) is 8.37. The van der Waals surface area contributed by atoms with Crippen LogP contribution >= 0.6 is 0 Å². The molecule has 1 N–H and O–H groups in total. The highest BCUT2D eigenvalue weighted by Gasteiger charge is 2.31. The summed E-state index contributed by atoms with van der Waals surface area (Å²) < 4.78 is 16.5. The lowest BCUT2D eigenvalue weighted by atomic mass is 10.0. The first-order valence-electron chi connectivity index (χ1n) is 10.4. The summed E-state index contributed by atoms with van der Waals surface area (Å²) in [6, 6.07) is 4.94. The number of fused-ring (bicyclic) bond motifs is 1. The number of alkyl halides is 1. The van der Waals surface area contributed by atoms with Gasteiger partial charge in [-0.05, 0) is 13.0 Å². The maximum atomic E-state index is 14.7. The lowest BCUT2D eigenvalue weighted by molar-refractivity contribution is -0.385. The van der Waals surface area contributed by atoms with E-state index in [2.05, 4.69) is 26.3 Å². The molecule has 0 saturated carbocycles. The molecular formula is C21H24FN9O2. The third-order valence-electron chi connectivity index (χ3n) is 5.70. The van der Waals surface area contributed by atoms with Crippen LogP contribution in [0, 0.1) is 28.4 Å². The number of piperidine rings is 1. The summed E-state index contributed by atoms with van der Waals surface area (Å²) in [6.45, 7) is 2.29. The first kappa shape index (κ1) is 22.2. The van der Waals surface area contributed by atoms with Crippen LogP contribution < -0.4 is 15.1 Å². The van der Waals surface area contributed by atoms with Crippen LogP contribution in [-0.2, 0) is 7.05 Å². The molecule has 2 aromatic heterocycles. The Bertz CT molecular complexity index is 1270. The quantitative estimate of drug-likeness (QED) is 0.457. The van der Waals surface area contributed by atoms with E-state index >= 15 is 0 Å². The van der Waals surface area contributed by atoms with Gasteiger partial charge in [0.1, 0.15) is 17.8 Å². The maximum Gasteiger partial charge on any atom is 0.274 e. The number of nitro benzene ring substituents is 1. The summed E-state index contributed by atoms with van der Waals surface area (Å²) in [5.41, 5.74) is 2.12. The van der Waals surface area contributed by atoms with Crippen LogP contribution in [0.3, 0.4) is 0 Å². The second-order valence-corrected chi connectivity index (χ2v) is 8.37. The molecular weight excluding hydrogens is 429 g/mol. The molecule has 0 bridgehead atoms. The molecule has 3 heterocycles. The number of aromatic nitrogens is 4. The first-order chi connectivity index (χ1) is 15.7. The van der Waals surface area contributed by atoms with Crippen LogP contribution in [0.15, 0.2) is 18.3 Å². The minimum atomic E-state index is -1.11. The third-order valence-corrected chi connectivity index (χ3v) is 5.70. The molecule has 12 heteroatoms. The minimum absolute atomic E-state index is 0.00312. The Hall–Kier alpha value is -4.01. The summed E-state index contributed by atoms with van der Waals surface area (Å²) in [7, 11) is 5.38. The number of imidazole rings is 1. The van der Waals surface area contributed by atoms with Gasteiger partial charge in [0.15, 0.2) is 5.82 Å². The average Bonchev–Trinajstić information content (AvgIpc) is 3.08. The molecule has 1 aliphatic rings. The van der Waals surface area contributed by atoms with E-state index in [1.54, 1.807) is 32.0 Å². The van der Waals surface area contributed by atoms with Crippen LogP contribution in [0.4, 0.5) is 27.8 Å². The number of nitriles is 1. The molecule has 4 rings (SSSR count). The Kier molecular flexibility index (Phi) is 5.71. The van der Waals surface area contributed by atoms with E-state index in [9.17, 15) is 19.8 Å². The standard InChI is InChI=1S/C21H24FN9O2/c1-12-5-18-16(7-17(12)31(32)33)26-21(29(18)4)30-10-14(22)6-15(11-30)25-20-24-9-13(8-23)19(27-20)28(2)3/h5,7,9,14-15H,6,10-11H2,1-4H3,(H,24,25,27)/t14?,15-/m1/s1. The van der Waals surface area contributed by atoms with Crippen molar-refractivity contribution in [2.45, 2.75) is 25.6 Å². The average molecular weight is 453 g/mol. The molecule has 172 valence electrons. The number of nitrogens with one attached hydrogen (secondary N) is 1. The highest BCUT2D eigenvalue weighted by molar-refractivity contribution is 5.82. The fourth-order valence-corrected chi connectivity index (χ4v) is 4.15. The maximum absolute atomic E-state index is 14.7. The zero-order chi connectivity index (χ0) is 23.9. The van der Waals surface area contributed by atoms with Gasteiger partial charge in [-0.3, -0.25) is 10.1 Å². The van der Waals surface area contributed by atoms with Gasteiger partial charge in [-0.25, -0.2) is 14.4 Å². The topological polar surface area (TPSA) is 129 Å². The highest BCUT2D eigenvalue weighted by Crippen LogP contribution is 2.30. The molecule has 33 heavy (non-hydrogen) atoms. The largest absolute Gasteiger partial charge is 0.361 e. The Morgan fingerprint density at radius 1 is 1.33 bits per heavy atom. The lowest BCUT2D eigenvalue weighted by Crippen LogP contribution is -2.48. The fraction of sp³-hybridized carbons (Fsp3) is 0.429. The van der Waals surface area contributed by atoms with Crippen molar-refractivity contribution in [3.63, 3.8) is 0 Å². The van der Waals surface area contributed by atoms with Gasteiger partial charge < -0.3 is 19.7 Å². The molecule has 0 radical (unpaired) electrons. The van der Waals surface area contributed by atoms with Gasteiger partial charge in [-0.15, -0.1) is 0 Å². The lowest BCUT2D eigenvalue weighted by Gasteiger charge is -2.35. The Balaban J connectivity index is 1.61. The molecule has 0 spiro atoms. The summed E-state index contributed by atoms with van der Waals surface area (Å²) >= 11 is 0. The summed E-state index contributed by atoms with van der Waals surface area (Å²) in [5.74, 6) is 1.33. The smallest absolute Gasteiger partial charge is 0.274 e. The van der Waals surface area contributed by atoms with E-state index in [1.165, 1.54) is 12.3 Å². The van der Waals surface area contributed by atoms with Gasteiger partial charge in [0.2, 0.25) is 11.9 Å². The number of anilines is 3. The molecule has 0 aliphatic carbocycles. The molecule has 3 aromatic rings. The Labute approximate surface area is 189 Å². The van der Waals surface area contributed by atoms with Gasteiger partial charge in [-0.2, -0.15) is 10.2 Å². The van der Waals surface area contributed by atoms with Crippen molar-refractivity contribution in [1.82, 2.24) is 19.5 Å². The van der Waals surface area contributed by atoms with E-state index in [4.69, 9.17) is 0 Å². The number of rotatable bonds is 5. The van der Waals surface area contributed by atoms with E-state index in [0.717, 1.165) is 5.52 Å². The van der Waals surface area contributed by atoms with Crippen LogP contribution in [0.5, 0.6) is 0 Å². The summed E-state index contributed by atoms with van der Waals surface area (Å²) in [5, 5.41) is 23.7. The van der Waals surface area contributed by atoms with Gasteiger partial charge in [0, 0.05) is 51.8 Å².